The summed E-state index contributed by atoms with van der Waals surface area (Å²) in [6.07, 6.45) is 0.775. The van der Waals surface area contributed by atoms with Crippen LogP contribution >= 0.6 is 11.6 Å². The van der Waals surface area contributed by atoms with Gasteiger partial charge in [0.25, 0.3) is 0 Å². The number of nitrogens with zero attached hydrogens (tertiary/aromatic N) is 3. The topological polar surface area (TPSA) is 47.5 Å². The average molecular weight is 394 g/mol. The second-order valence-corrected chi connectivity index (χ2v) is 7.34. The normalized spacial score (nSPS) is 16.0. The molecule has 0 spiro atoms. The Morgan fingerprint density at radius 3 is 2.50 bits per heavy atom. The van der Waals surface area contributed by atoms with E-state index < -0.39 is 0 Å². The standard InChI is InChI=1S/C22H20ClN3O2/c23-16-7-5-15(6-8-16)21-24-20-17-3-1-2-4-19(17)28-12-9-18(20)22(25-21)26-10-13-27-14-11-26/h1-8H,9-14H2. The largest absolute Gasteiger partial charge is 0.493 e. The van der Waals surface area contributed by atoms with Crippen molar-refractivity contribution in [3.63, 3.8) is 0 Å². The lowest BCUT2D eigenvalue weighted by Gasteiger charge is -2.30. The number of hydrogen-bond acceptors (Lipinski definition) is 5. The minimum absolute atomic E-state index is 0.616. The molecule has 5 rings (SSSR count). The summed E-state index contributed by atoms with van der Waals surface area (Å²) < 4.78 is 11.6. The van der Waals surface area contributed by atoms with Gasteiger partial charge >= 0.3 is 0 Å². The van der Waals surface area contributed by atoms with Crippen molar-refractivity contribution in [2.75, 3.05) is 37.8 Å². The summed E-state index contributed by atoms with van der Waals surface area (Å²) in [5.41, 5.74) is 4.06. The molecular weight excluding hydrogens is 374 g/mol. The fraction of sp³-hybridized carbons (Fsp3) is 0.273. The van der Waals surface area contributed by atoms with Gasteiger partial charge < -0.3 is 14.4 Å². The lowest BCUT2D eigenvalue weighted by molar-refractivity contribution is 0.122. The third-order valence-corrected chi connectivity index (χ3v) is 5.40. The van der Waals surface area contributed by atoms with Crippen LogP contribution in [-0.4, -0.2) is 42.9 Å². The van der Waals surface area contributed by atoms with Crippen LogP contribution in [0.4, 0.5) is 5.82 Å². The molecule has 1 saturated heterocycles. The smallest absolute Gasteiger partial charge is 0.162 e. The van der Waals surface area contributed by atoms with Crippen LogP contribution in [0.25, 0.3) is 22.6 Å². The first-order valence-corrected chi connectivity index (χ1v) is 9.89. The number of ether oxygens (including phenoxy) is 2. The lowest BCUT2D eigenvalue weighted by Crippen LogP contribution is -2.37. The molecule has 0 saturated carbocycles. The molecule has 0 atom stereocenters. The minimum Gasteiger partial charge on any atom is -0.493 e. The molecule has 142 valence electrons. The van der Waals surface area contributed by atoms with E-state index in [0.29, 0.717) is 30.7 Å². The van der Waals surface area contributed by atoms with Gasteiger partial charge in [-0.2, -0.15) is 0 Å². The van der Waals surface area contributed by atoms with Crippen molar-refractivity contribution in [2.24, 2.45) is 0 Å². The Labute approximate surface area is 168 Å². The molecule has 3 heterocycles. The van der Waals surface area contributed by atoms with Crippen LogP contribution in [-0.2, 0) is 11.2 Å². The van der Waals surface area contributed by atoms with E-state index in [2.05, 4.69) is 11.0 Å². The molecule has 0 bridgehead atoms. The highest BCUT2D eigenvalue weighted by atomic mass is 35.5. The monoisotopic (exact) mass is 393 g/mol. The molecule has 1 aromatic heterocycles. The molecule has 6 heteroatoms. The Morgan fingerprint density at radius 1 is 0.893 bits per heavy atom. The molecule has 0 aliphatic carbocycles. The zero-order chi connectivity index (χ0) is 18.9. The Balaban J connectivity index is 1.73. The molecule has 0 N–H and O–H groups in total. The molecular formula is C22H20ClN3O2. The van der Waals surface area contributed by atoms with Gasteiger partial charge in [-0.15, -0.1) is 0 Å². The van der Waals surface area contributed by atoms with E-state index >= 15 is 0 Å². The average Bonchev–Trinajstić information content (AvgIpc) is 2.94. The first kappa shape index (κ1) is 17.5. The Hall–Kier alpha value is -2.63. The highest BCUT2D eigenvalue weighted by Gasteiger charge is 2.25. The highest BCUT2D eigenvalue weighted by molar-refractivity contribution is 6.30. The van der Waals surface area contributed by atoms with Crippen LogP contribution in [0.3, 0.4) is 0 Å². The molecule has 0 amide bonds. The van der Waals surface area contributed by atoms with Crippen LogP contribution in [0.15, 0.2) is 48.5 Å². The fourth-order valence-electron chi connectivity index (χ4n) is 3.74. The molecule has 2 aliphatic heterocycles. The first-order chi connectivity index (χ1) is 13.8. The quantitative estimate of drug-likeness (QED) is 0.651. The summed E-state index contributed by atoms with van der Waals surface area (Å²) in [5, 5.41) is 0.700. The molecule has 2 aliphatic rings. The predicted molar refractivity (Wildman–Crippen MR) is 110 cm³/mol. The van der Waals surface area contributed by atoms with Crippen molar-refractivity contribution in [3.05, 3.63) is 59.1 Å². The fourth-order valence-corrected chi connectivity index (χ4v) is 3.87. The van der Waals surface area contributed by atoms with E-state index in [1.165, 1.54) is 0 Å². The van der Waals surface area contributed by atoms with Gasteiger partial charge in [0.05, 0.1) is 25.5 Å². The third-order valence-electron chi connectivity index (χ3n) is 5.15. The Bertz CT molecular complexity index is 1000. The van der Waals surface area contributed by atoms with Crippen LogP contribution in [0, 0.1) is 0 Å². The van der Waals surface area contributed by atoms with E-state index in [1.807, 2.05) is 42.5 Å². The van der Waals surface area contributed by atoms with Crippen molar-refractivity contribution in [2.45, 2.75) is 6.42 Å². The predicted octanol–water partition coefficient (Wildman–Crippen LogP) is 4.24. The number of aromatic nitrogens is 2. The third kappa shape index (κ3) is 3.21. The van der Waals surface area contributed by atoms with Crippen LogP contribution in [0.1, 0.15) is 5.56 Å². The number of benzene rings is 2. The highest BCUT2D eigenvalue weighted by Crippen LogP contribution is 2.38. The zero-order valence-corrected chi connectivity index (χ0v) is 16.2. The summed E-state index contributed by atoms with van der Waals surface area (Å²) >= 11 is 6.08. The number of morpholine rings is 1. The van der Waals surface area contributed by atoms with Crippen LogP contribution in [0.2, 0.25) is 5.02 Å². The van der Waals surface area contributed by atoms with Crippen molar-refractivity contribution < 1.29 is 9.47 Å². The van der Waals surface area contributed by atoms with E-state index in [1.54, 1.807) is 0 Å². The van der Waals surface area contributed by atoms with Crippen LogP contribution in [0.5, 0.6) is 5.75 Å². The van der Waals surface area contributed by atoms with E-state index in [9.17, 15) is 0 Å². The molecule has 5 nitrogen and oxygen atoms in total. The zero-order valence-electron chi connectivity index (χ0n) is 15.4. The second-order valence-electron chi connectivity index (χ2n) is 6.90. The molecule has 3 aromatic rings. The Morgan fingerprint density at radius 2 is 1.68 bits per heavy atom. The summed E-state index contributed by atoms with van der Waals surface area (Å²) in [6, 6.07) is 15.8. The molecule has 0 unspecified atom stereocenters. The van der Waals surface area contributed by atoms with Crippen molar-refractivity contribution >= 4 is 17.4 Å². The van der Waals surface area contributed by atoms with Crippen molar-refractivity contribution in [3.8, 4) is 28.4 Å². The van der Waals surface area contributed by atoms with Crippen molar-refractivity contribution in [1.29, 1.82) is 0 Å². The van der Waals surface area contributed by atoms with Crippen LogP contribution < -0.4 is 9.64 Å². The molecule has 28 heavy (non-hydrogen) atoms. The van der Waals surface area contributed by atoms with Gasteiger partial charge in [-0.25, -0.2) is 9.97 Å². The number of rotatable bonds is 2. The number of anilines is 1. The summed E-state index contributed by atoms with van der Waals surface area (Å²) in [6.45, 7) is 3.69. The maximum absolute atomic E-state index is 6.08. The van der Waals surface area contributed by atoms with Gasteiger partial charge in [-0.1, -0.05) is 23.7 Å². The van der Waals surface area contributed by atoms with E-state index in [0.717, 1.165) is 53.5 Å². The first-order valence-electron chi connectivity index (χ1n) is 9.51. The SMILES string of the molecule is Clc1ccc(-c2nc3c(c(N4CCOCC4)n2)CCOc2ccccc2-3)cc1. The van der Waals surface area contributed by atoms with Gasteiger partial charge in [-0.05, 0) is 36.4 Å². The van der Waals surface area contributed by atoms with Gasteiger partial charge in [0.1, 0.15) is 11.6 Å². The van der Waals surface area contributed by atoms with Gasteiger partial charge in [0.15, 0.2) is 5.82 Å². The van der Waals surface area contributed by atoms with E-state index in [4.69, 9.17) is 31.0 Å². The number of halogens is 1. The van der Waals surface area contributed by atoms with Crippen molar-refractivity contribution in [1.82, 2.24) is 9.97 Å². The second kappa shape index (κ2) is 7.41. The lowest BCUT2D eigenvalue weighted by atomic mass is 10.0. The van der Waals surface area contributed by atoms with Gasteiger partial charge in [0.2, 0.25) is 0 Å². The van der Waals surface area contributed by atoms with Gasteiger partial charge in [0, 0.05) is 41.2 Å². The molecule has 0 radical (unpaired) electrons. The summed E-state index contributed by atoms with van der Waals surface area (Å²) in [7, 11) is 0. The Kier molecular flexibility index (Phi) is 4.63. The van der Waals surface area contributed by atoms with E-state index in [-0.39, 0.29) is 0 Å². The summed E-state index contributed by atoms with van der Waals surface area (Å²) in [4.78, 5) is 12.3. The minimum atomic E-state index is 0.616. The number of hydrogen-bond donors (Lipinski definition) is 0. The molecule has 2 aromatic carbocycles. The number of fused-ring (bicyclic) bond motifs is 3. The summed E-state index contributed by atoms with van der Waals surface area (Å²) in [5.74, 6) is 2.56. The van der Waals surface area contributed by atoms with Gasteiger partial charge in [-0.3, -0.25) is 0 Å². The number of para-hydroxylation sites is 1. The molecule has 1 fully saturated rings. The maximum atomic E-state index is 6.08. The maximum Gasteiger partial charge on any atom is 0.162 e.